The number of ketones is 1. The molecule has 1 fully saturated rings. The first kappa shape index (κ1) is 13.7. The first-order chi connectivity index (χ1) is 9.43. The molecule has 0 saturated carbocycles. The number of carbonyl (C=O) groups excluding carboxylic acids is 4. The van der Waals surface area contributed by atoms with E-state index in [0.29, 0.717) is 5.56 Å². The third kappa shape index (κ3) is 2.23. The Hall–Kier alpha value is -2.76. The van der Waals surface area contributed by atoms with Gasteiger partial charge in [-0.2, -0.15) is 0 Å². The molecule has 6 nitrogen and oxygen atoms in total. The van der Waals surface area contributed by atoms with Crippen molar-refractivity contribution in [1.29, 1.82) is 0 Å². The summed E-state index contributed by atoms with van der Waals surface area (Å²) in [5.74, 6) is -2.01. The van der Waals surface area contributed by atoms with Gasteiger partial charge in [-0.3, -0.25) is 24.2 Å². The fourth-order valence-corrected chi connectivity index (χ4v) is 1.79. The van der Waals surface area contributed by atoms with Crippen molar-refractivity contribution in [3.05, 3.63) is 47.5 Å². The molecule has 1 aromatic carbocycles. The monoisotopic (exact) mass is 272 g/mol. The second kappa shape index (κ2) is 5.08. The Morgan fingerprint density at radius 2 is 1.45 bits per heavy atom. The zero-order valence-corrected chi connectivity index (χ0v) is 11.0. The lowest BCUT2D eigenvalue weighted by molar-refractivity contribution is -0.134. The zero-order valence-electron chi connectivity index (χ0n) is 11.0. The lowest BCUT2D eigenvalue weighted by Gasteiger charge is -2.28. The molecule has 0 aliphatic carbocycles. The summed E-state index contributed by atoms with van der Waals surface area (Å²) in [6, 6.07) is 7.55. The maximum Gasteiger partial charge on any atom is 0.333 e. The fraction of sp³-hybridized carbons (Fsp3) is 0.143. The van der Waals surface area contributed by atoms with Crippen molar-refractivity contribution in [3.63, 3.8) is 0 Å². The molecule has 1 saturated heterocycles. The molecule has 0 radical (unpaired) electrons. The number of benzene rings is 1. The van der Waals surface area contributed by atoms with Gasteiger partial charge in [-0.15, -0.1) is 0 Å². The smallest absolute Gasteiger partial charge is 0.289 e. The van der Waals surface area contributed by atoms with Crippen LogP contribution in [0.1, 0.15) is 10.4 Å². The van der Waals surface area contributed by atoms with E-state index in [0.717, 1.165) is 15.9 Å². The maximum atomic E-state index is 12.0. The van der Waals surface area contributed by atoms with Gasteiger partial charge in [0.2, 0.25) is 0 Å². The highest BCUT2D eigenvalue weighted by molar-refractivity contribution is 6.31. The Kier molecular flexibility index (Phi) is 3.47. The Morgan fingerprint density at radius 3 is 1.95 bits per heavy atom. The number of amides is 4. The largest absolute Gasteiger partial charge is 0.333 e. The molecular formula is C14H12N2O4. The van der Waals surface area contributed by atoms with Crippen molar-refractivity contribution in [1.82, 2.24) is 9.80 Å². The van der Waals surface area contributed by atoms with E-state index in [1.165, 1.54) is 14.1 Å². The molecule has 2 rings (SSSR count). The molecule has 0 atom stereocenters. The molecular weight excluding hydrogens is 260 g/mol. The van der Waals surface area contributed by atoms with Gasteiger partial charge in [0.05, 0.1) is 0 Å². The van der Waals surface area contributed by atoms with Gasteiger partial charge in [-0.1, -0.05) is 30.3 Å². The summed E-state index contributed by atoms with van der Waals surface area (Å²) in [5.41, 5.74) is 0.0475. The van der Waals surface area contributed by atoms with Gasteiger partial charge in [-0.05, 0) is 0 Å². The van der Waals surface area contributed by atoms with E-state index in [4.69, 9.17) is 0 Å². The van der Waals surface area contributed by atoms with E-state index >= 15 is 0 Å². The van der Waals surface area contributed by atoms with Crippen LogP contribution < -0.4 is 0 Å². The van der Waals surface area contributed by atoms with Crippen LogP contribution in [0.5, 0.6) is 0 Å². The molecule has 4 amide bonds. The highest BCUT2D eigenvalue weighted by Gasteiger charge is 2.38. The van der Waals surface area contributed by atoms with E-state index in [1.807, 2.05) is 0 Å². The second-order valence-electron chi connectivity index (χ2n) is 4.30. The lowest BCUT2D eigenvalue weighted by atomic mass is 10.1. The van der Waals surface area contributed by atoms with Crippen LogP contribution in [0, 0.1) is 0 Å². The van der Waals surface area contributed by atoms with E-state index < -0.39 is 23.6 Å². The molecule has 1 aliphatic rings. The minimum Gasteiger partial charge on any atom is -0.289 e. The van der Waals surface area contributed by atoms with Crippen LogP contribution in [0.4, 0.5) is 4.79 Å². The molecule has 1 heterocycles. The summed E-state index contributed by atoms with van der Waals surface area (Å²) < 4.78 is 0. The minimum absolute atomic E-state index is 0.316. The molecule has 6 heteroatoms. The number of nitrogens with zero attached hydrogens (tertiary/aromatic N) is 2. The van der Waals surface area contributed by atoms with Crippen LogP contribution in [0.2, 0.25) is 0 Å². The van der Waals surface area contributed by atoms with Crippen LogP contribution in [0.3, 0.4) is 0 Å². The highest BCUT2D eigenvalue weighted by Crippen LogP contribution is 2.15. The molecule has 20 heavy (non-hydrogen) atoms. The van der Waals surface area contributed by atoms with Crippen molar-refractivity contribution in [3.8, 4) is 0 Å². The molecule has 1 aliphatic heterocycles. The molecule has 102 valence electrons. The number of allylic oxidation sites excluding steroid dienone is 1. The average Bonchev–Trinajstić information content (AvgIpc) is 2.48. The summed E-state index contributed by atoms with van der Waals surface area (Å²) in [4.78, 5) is 48.9. The predicted molar refractivity (Wildman–Crippen MR) is 69.8 cm³/mol. The number of rotatable bonds is 2. The summed E-state index contributed by atoms with van der Waals surface area (Å²) in [7, 11) is 2.52. The topological polar surface area (TPSA) is 74.8 Å². The van der Waals surface area contributed by atoms with Gasteiger partial charge in [0.15, 0.2) is 5.78 Å². The van der Waals surface area contributed by atoms with Crippen LogP contribution in [0.25, 0.3) is 0 Å². The average molecular weight is 272 g/mol. The molecule has 0 N–H and O–H groups in total. The minimum atomic E-state index is -0.776. The fourth-order valence-electron chi connectivity index (χ4n) is 1.79. The van der Waals surface area contributed by atoms with E-state index in [1.54, 1.807) is 30.3 Å². The maximum absolute atomic E-state index is 12.0. The van der Waals surface area contributed by atoms with E-state index in [2.05, 4.69) is 0 Å². The quantitative estimate of drug-likeness (QED) is 0.454. The Bertz CT molecular complexity index is 608. The number of barbiturate groups is 1. The summed E-state index contributed by atoms with van der Waals surface area (Å²) in [5, 5.41) is 0. The molecule has 1 aromatic rings. The van der Waals surface area contributed by atoms with E-state index in [-0.39, 0.29) is 5.57 Å². The molecule has 0 bridgehead atoms. The summed E-state index contributed by atoms with van der Waals surface area (Å²) in [6.07, 6.45) is 0.972. The Labute approximate surface area is 115 Å². The van der Waals surface area contributed by atoms with Gasteiger partial charge in [0.1, 0.15) is 5.57 Å². The van der Waals surface area contributed by atoms with Crippen molar-refractivity contribution >= 4 is 23.6 Å². The van der Waals surface area contributed by atoms with Crippen molar-refractivity contribution in [2.45, 2.75) is 0 Å². The van der Waals surface area contributed by atoms with Crippen molar-refractivity contribution in [2.24, 2.45) is 0 Å². The van der Waals surface area contributed by atoms with Gasteiger partial charge < -0.3 is 0 Å². The third-order valence-electron chi connectivity index (χ3n) is 2.98. The second-order valence-corrected chi connectivity index (χ2v) is 4.30. The summed E-state index contributed by atoms with van der Waals surface area (Å²) in [6.45, 7) is 0. The molecule has 0 unspecified atom stereocenters. The van der Waals surface area contributed by atoms with Crippen LogP contribution >= 0.6 is 0 Å². The van der Waals surface area contributed by atoms with Crippen LogP contribution in [-0.2, 0) is 9.59 Å². The molecule has 0 spiro atoms. The number of hydrogen-bond acceptors (Lipinski definition) is 4. The number of likely N-dealkylation sites (N-methyl/N-ethyl adjacent to an activating group) is 2. The lowest BCUT2D eigenvalue weighted by Crippen LogP contribution is -2.53. The number of hydrogen-bond donors (Lipinski definition) is 0. The number of imide groups is 2. The third-order valence-corrected chi connectivity index (χ3v) is 2.98. The Morgan fingerprint density at radius 1 is 0.950 bits per heavy atom. The standard InChI is InChI=1S/C14H12N2O4/c1-15-12(18)10(13(19)16(2)14(15)20)8-11(17)9-6-4-3-5-7-9/h3-8H,1-2H3. The van der Waals surface area contributed by atoms with Gasteiger partial charge in [-0.25, -0.2) is 4.79 Å². The van der Waals surface area contributed by atoms with Crippen molar-refractivity contribution < 1.29 is 19.2 Å². The van der Waals surface area contributed by atoms with Crippen LogP contribution in [0.15, 0.2) is 42.0 Å². The van der Waals surface area contributed by atoms with E-state index in [9.17, 15) is 19.2 Å². The first-order valence-corrected chi connectivity index (χ1v) is 5.84. The van der Waals surface area contributed by atoms with Gasteiger partial charge in [0.25, 0.3) is 11.8 Å². The zero-order chi connectivity index (χ0) is 14.9. The number of urea groups is 1. The Balaban J connectivity index is 2.38. The normalized spacial score (nSPS) is 15.7. The number of carbonyl (C=O) groups is 4. The molecule has 0 aromatic heterocycles. The van der Waals surface area contributed by atoms with Gasteiger partial charge in [0, 0.05) is 25.7 Å². The van der Waals surface area contributed by atoms with Gasteiger partial charge >= 0.3 is 6.03 Å². The van der Waals surface area contributed by atoms with Crippen molar-refractivity contribution in [2.75, 3.05) is 14.1 Å². The summed E-state index contributed by atoms with van der Waals surface area (Å²) >= 11 is 0. The van der Waals surface area contributed by atoms with Crippen LogP contribution in [-0.4, -0.2) is 47.5 Å². The predicted octanol–water partition coefficient (Wildman–Crippen LogP) is 0.846. The first-order valence-electron chi connectivity index (χ1n) is 5.84. The SMILES string of the molecule is CN1C(=O)C(=CC(=O)c2ccccc2)C(=O)N(C)C1=O. The highest BCUT2D eigenvalue weighted by atomic mass is 16.2.